The van der Waals surface area contributed by atoms with Gasteiger partial charge in [0.1, 0.15) is 0 Å². The Bertz CT molecular complexity index is 880. The normalized spacial score (nSPS) is 29.2. The molecule has 5 rings (SSSR count). The maximum Gasteiger partial charge on any atom is 0.0828 e. The van der Waals surface area contributed by atoms with Crippen LogP contribution in [0.3, 0.4) is 0 Å². The van der Waals surface area contributed by atoms with E-state index in [1.165, 1.54) is 42.5 Å². The van der Waals surface area contributed by atoms with E-state index in [0.717, 1.165) is 51.9 Å². The molecular formula is C28H38N2O2. The van der Waals surface area contributed by atoms with Crippen LogP contribution in [0, 0.1) is 0 Å². The Labute approximate surface area is 193 Å². The molecule has 1 spiro atoms. The third-order valence-corrected chi connectivity index (χ3v) is 8.17. The molecule has 2 fully saturated rings. The SMILES string of the molecule is CCO[C@H]1CC[C@H](NCCC2(c3ccccn3)CCOC3(CCCC3)C2)c2ccccc21. The molecule has 1 aliphatic heterocycles. The van der Waals surface area contributed by atoms with Gasteiger partial charge < -0.3 is 14.8 Å². The number of hydrogen-bond donors (Lipinski definition) is 1. The van der Waals surface area contributed by atoms with Crippen LogP contribution in [0.2, 0.25) is 0 Å². The third-order valence-electron chi connectivity index (χ3n) is 8.17. The summed E-state index contributed by atoms with van der Waals surface area (Å²) in [6.07, 6.45) is 12.8. The number of benzene rings is 1. The monoisotopic (exact) mass is 434 g/mol. The van der Waals surface area contributed by atoms with Gasteiger partial charge in [0, 0.05) is 36.6 Å². The highest BCUT2D eigenvalue weighted by molar-refractivity contribution is 5.34. The van der Waals surface area contributed by atoms with Gasteiger partial charge in [0.25, 0.3) is 0 Å². The van der Waals surface area contributed by atoms with Gasteiger partial charge in [-0.2, -0.15) is 0 Å². The van der Waals surface area contributed by atoms with E-state index in [-0.39, 0.29) is 17.1 Å². The maximum atomic E-state index is 6.42. The van der Waals surface area contributed by atoms with E-state index in [0.29, 0.717) is 6.04 Å². The largest absolute Gasteiger partial charge is 0.375 e. The predicted molar refractivity (Wildman–Crippen MR) is 128 cm³/mol. The molecule has 0 bridgehead atoms. The average molecular weight is 435 g/mol. The molecule has 2 aliphatic carbocycles. The molecule has 1 N–H and O–H groups in total. The Balaban J connectivity index is 1.32. The first-order valence-electron chi connectivity index (χ1n) is 12.7. The molecule has 0 radical (unpaired) electrons. The topological polar surface area (TPSA) is 43.4 Å². The smallest absolute Gasteiger partial charge is 0.0828 e. The van der Waals surface area contributed by atoms with E-state index < -0.39 is 0 Å². The van der Waals surface area contributed by atoms with Crippen LogP contribution in [0.15, 0.2) is 48.7 Å². The number of ether oxygens (including phenoxy) is 2. The van der Waals surface area contributed by atoms with Crippen molar-refractivity contribution < 1.29 is 9.47 Å². The van der Waals surface area contributed by atoms with Crippen molar-refractivity contribution in [3.8, 4) is 0 Å². The molecule has 1 unspecified atom stereocenters. The molecular weight excluding hydrogens is 396 g/mol. The van der Waals surface area contributed by atoms with Crippen molar-refractivity contribution in [2.75, 3.05) is 19.8 Å². The summed E-state index contributed by atoms with van der Waals surface area (Å²) in [6, 6.07) is 15.7. The van der Waals surface area contributed by atoms with Crippen LogP contribution in [-0.4, -0.2) is 30.3 Å². The van der Waals surface area contributed by atoms with E-state index in [1.54, 1.807) is 0 Å². The number of nitrogens with one attached hydrogen (secondary N) is 1. The van der Waals surface area contributed by atoms with Crippen molar-refractivity contribution in [1.82, 2.24) is 10.3 Å². The summed E-state index contributed by atoms with van der Waals surface area (Å²) >= 11 is 0. The van der Waals surface area contributed by atoms with Crippen LogP contribution >= 0.6 is 0 Å². The van der Waals surface area contributed by atoms with Crippen LogP contribution < -0.4 is 5.32 Å². The second-order valence-corrected chi connectivity index (χ2v) is 10.1. The summed E-state index contributed by atoms with van der Waals surface area (Å²) in [7, 11) is 0. The molecule has 3 aliphatic rings. The molecule has 1 aromatic carbocycles. The second kappa shape index (κ2) is 9.62. The average Bonchev–Trinajstić information content (AvgIpc) is 3.28. The summed E-state index contributed by atoms with van der Waals surface area (Å²) in [6.45, 7) is 4.73. The number of hydrogen-bond acceptors (Lipinski definition) is 4. The Hall–Kier alpha value is -1.75. The number of nitrogens with zero attached hydrogens (tertiary/aromatic N) is 1. The van der Waals surface area contributed by atoms with Crippen molar-refractivity contribution in [1.29, 1.82) is 0 Å². The van der Waals surface area contributed by atoms with E-state index >= 15 is 0 Å². The lowest BCUT2D eigenvalue weighted by atomic mass is 9.68. The summed E-state index contributed by atoms with van der Waals surface area (Å²) in [4.78, 5) is 4.86. The zero-order chi connectivity index (χ0) is 21.9. The predicted octanol–water partition coefficient (Wildman–Crippen LogP) is 6.04. The molecule has 0 amide bonds. The fraction of sp³-hybridized carbons (Fsp3) is 0.607. The van der Waals surface area contributed by atoms with Crippen LogP contribution in [-0.2, 0) is 14.9 Å². The van der Waals surface area contributed by atoms with Crippen molar-refractivity contribution in [2.24, 2.45) is 0 Å². The molecule has 2 heterocycles. The third kappa shape index (κ3) is 4.37. The molecule has 3 atom stereocenters. The van der Waals surface area contributed by atoms with E-state index in [9.17, 15) is 0 Å². The Morgan fingerprint density at radius 2 is 1.84 bits per heavy atom. The minimum absolute atomic E-state index is 0.0813. The van der Waals surface area contributed by atoms with E-state index in [4.69, 9.17) is 14.5 Å². The molecule has 2 aromatic rings. The molecule has 4 nitrogen and oxygen atoms in total. The zero-order valence-corrected chi connectivity index (χ0v) is 19.5. The molecule has 1 saturated heterocycles. The van der Waals surface area contributed by atoms with Gasteiger partial charge in [-0.05, 0) is 81.7 Å². The number of fused-ring (bicyclic) bond motifs is 1. The summed E-state index contributed by atoms with van der Waals surface area (Å²) in [5.41, 5.74) is 4.24. The number of aromatic nitrogens is 1. The Kier molecular flexibility index (Phi) is 6.64. The first-order valence-corrected chi connectivity index (χ1v) is 12.7. The maximum absolute atomic E-state index is 6.42. The standard InChI is InChI=1S/C28H38N2O2/c1-2-31-25-13-12-24(22-9-3-4-10-23(22)25)29-19-16-27(26-11-5-8-18-30-26)17-20-32-28(21-27)14-6-7-15-28/h3-5,8-11,18,24-25,29H,2,6-7,12-17,19-21H2,1H3/t24-,25-,27?/m0/s1. The van der Waals surface area contributed by atoms with E-state index in [2.05, 4.69) is 48.6 Å². The highest BCUT2D eigenvalue weighted by Crippen LogP contribution is 2.49. The summed E-state index contributed by atoms with van der Waals surface area (Å²) < 4.78 is 12.5. The minimum Gasteiger partial charge on any atom is -0.375 e. The van der Waals surface area contributed by atoms with Crippen LogP contribution in [0.1, 0.15) is 93.7 Å². The van der Waals surface area contributed by atoms with Gasteiger partial charge in [-0.25, -0.2) is 0 Å². The fourth-order valence-corrected chi connectivity index (χ4v) is 6.62. The second-order valence-electron chi connectivity index (χ2n) is 10.1. The van der Waals surface area contributed by atoms with Crippen molar-refractivity contribution in [3.63, 3.8) is 0 Å². The van der Waals surface area contributed by atoms with Gasteiger partial charge in [-0.15, -0.1) is 0 Å². The lowest BCUT2D eigenvalue weighted by Crippen LogP contribution is -2.47. The quantitative estimate of drug-likeness (QED) is 0.577. The molecule has 4 heteroatoms. The zero-order valence-electron chi connectivity index (χ0n) is 19.5. The number of pyridine rings is 1. The lowest BCUT2D eigenvalue weighted by molar-refractivity contribution is -0.104. The Morgan fingerprint density at radius 3 is 2.62 bits per heavy atom. The van der Waals surface area contributed by atoms with Gasteiger partial charge >= 0.3 is 0 Å². The fourth-order valence-electron chi connectivity index (χ4n) is 6.62. The molecule has 1 aromatic heterocycles. The Morgan fingerprint density at radius 1 is 1.03 bits per heavy atom. The summed E-state index contributed by atoms with van der Waals surface area (Å²) in [5.74, 6) is 0. The first-order chi connectivity index (χ1) is 15.7. The van der Waals surface area contributed by atoms with Gasteiger partial charge in [0.15, 0.2) is 0 Å². The van der Waals surface area contributed by atoms with Gasteiger partial charge in [-0.3, -0.25) is 4.98 Å². The van der Waals surface area contributed by atoms with Gasteiger partial charge in [-0.1, -0.05) is 43.2 Å². The van der Waals surface area contributed by atoms with Crippen molar-refractivity contribution >= 4 is 0 Å². The van der Waals surface area contributed by atoms with Crippen LogP contribution in [0.25, 0.3) is 0 Å². The molecule has 172 valence electrons. The van der Waals surface area contributed by atoms with E-state index in [1.807, 2.05) is 12.3 Å². The minimum atomic E-state index is 0.0813. The van der Waals surface area contributed by atoms with Crippen molar-refractivity contribution in [2.45, 2.75) is 87.9 Å². The summed E-state index contributed by atoms with van der Waals surface area (Å²) in [5, 5.41) is 3.94. The van der Waals surface area contributed by atoms with Crippen molar-refractivity contribution in [3.05, 3.63) is 65.5 Å². The number of rotatable bonds is 7. The molecule has 1 saturated carbocycles. The van der Waals surface area contributed by atoms with Crippen LogP contribution in [0.4, 0.5) is 0 Å². The van der Waals surface area contributed by atoms with Gasteiger partial charge in [0.2, 0.25) is 0 Å². The highest BCUT2D eigenvalue weighted by atomic mass is 16.5. The first kappa shape index (κ1) is 22.1. The van der Waals surface area contributed by atoms with Gasteiger partial charge in [0.05, 0.1) is 11.7 Å². The highest BCUT2D eigenvalue weighted by Gasteiger charge is 2.48. The van der Waals surface area contributed by atoms with Crippen LogP contribution in [0.5, 0.6) is 0 Å². The lowest BCUT2D eigenvalue weighted by Gasteiger charge is -2.46. The molecule has 32 heavy (non-hydrogen) atoms.